The molecule has 0 radical (unpaired) electrons. The lowest BCUT2D eigenvalue weighted by atomic mass is 10.1. The van der Waals surface area contributed by atoms with Crippen LogP contribution in [0.4, 0.5) is 10.5 Å². The summed E-state index contributed by atoms with van der Waals surface area (Å²) in [6, 6.07) is 5.64. The van der Waals surface area contributed by atoms with Gasteiger partial charge >= 0.3 is 6.09 Å². The van der Waals surface area contributed by atoms with Crippen LogP contribution in [0.1, 0.15) is 18.4 Å². The van der Waals surface area contributed by atoms with E-state index in [1.165, 1.54) is 7.11 Å². The minimum atomic E-state index is -0.262. The normalized spacial score (nSPS) is 16.2. The lowest BCUT2D eigenvalue weighted by Gasteiger charge is -2.31. The third kappa shape index (κ3) is 3.30. The molecule has 0 bridgehead atoms. The number of amides is 1. The van der Waals surface area contributed by atoms with Crippen molar-refractivity contribution in [1.82, 2.24) is 4.90 Å². The molecule has 0 spiro atoms. The predicted molar refractivity (Wildman–Crippen MR) is 73.2 cm³/mol. The molecule has 0 aromatic heterocycles. The first-order chi connectivity index (χ1) is 9.10. The SMILES string of the molecule is COC(=O)N1CCC(Oc2ccc(N)cc2C)CC1. The van der Waals surface area contributed by atoms with Crippen molar-refractivity contribution in [2.45, 2.75) is 25.9 Å². The van der Waals surface area contributed by atoms with Gasteiger partial charge < -0.3 is 20.1 Å². The Morgan fingerprint density at radius 1 is 1.37 bits per heavy atom. The molecular weight excluding hydrogens is 244 g/mol. The number of hydrogen-bond acceptors (Lipinski definition) is 4. The van der Waals surface area contributed by atoms with Crippen molar-refractivity contribution in [1.29, 1.82) is 0 Å². The fraction of sp³-hybridized carbons (Fsp3) is 0.500. The highest BCUT2D eigenvalue weighted by atomic mass is 16.5. The van der Waals surface area contributed by atoms with Gasteiger partial charge in [0.2, 0.25) is 0 Å². The number of nitrogens with zero attached hydrogens (tertiary/aromatic N) is 1. The van der Waals surface area contributed by atoms with Gasteiger partial charge in [-0.25, -0.2) is 4.79 Å². The third-order valence-electron chi connectivity index (χ3n) is 3.37. The summed E-state index contributed by atoms with van der Waals surface area (Å²) in [6.45, 7) is 3.33. The predicted octanol–water partition coefficient (Wildman–Crippen LogP) is 2.19. The van der Waals surface area contributed by atoms with Crippen LogP contribution in [0.2, 0.25) is 0 Å². The number of hydrogen-bond donors (Lipinski definition) is 1. The van der Waals surface area contributed by atoms with E-state index in [0.717, 1.165) is 29.8 Å². The number of carbonyl (C=O) groups is 1. The van der Waals surface area contributed by atoms with Gasteiger partial charge in [-0.3, -0.25) is 0 Å². The molecule has 0 unspecified atom stereocenters. The Bertz CT molecular complexity index is 454. The van der Waals surface area contributed by atoms with Gasteiger partial charge in [0.05, 0.1) is 7.11 Å². The molecule has 1 heterocycles. The van der Waals surface area contributed by atoms with Gasteiger partial charge in [-0.1, -0.05) is 0 Å². The van der Waals surface area contributed by atoms with Gasteiger partial charge in [-0.15, -0.1) is 0 Å². The highest BCUT2D eigenvalue weighted by Gasteiger charge is 2.24. The summed E-state index contributed by atoms with van der Waals surface area (Å²) in [4.78, 5) is 13.1. The van der Waals surface area contributed by atoms with E-state index in [4.69, 9.17) is 15.2 Å². The lowest BCUT2D eigenvalue weighted by molar-refractivity contribution is 0.0788. The molecule has 5 nitrogen and oxygen atoms in total. The fourth-order valence-corrected chi connectivity index (χ4v) is 2.27. The first-order valence-electron chi connectivity index (χ1n) is 6.46. The second kappa shape index (κ2) is 5.82. The number of likely N-dealkylation sites (tertiary alicyclic amines) is 1. The largest absolute Gasteiger partial charge is 0.490 e. The summed E-state index contributed by atoms with van der Waals surface area (Å²) >= 11 is 0. The Labute approximate surface area is 113 Å². The summed E-state index contributed by atoms with van der Waals surface area (Å²) in [7, 11) is 1.41. The molecular formula is C14H20N2O3. The maximum absolute atomic E-state index is 11.4. The molecule has 2 N–H and O–H groups in total. The number of nitrogen functional groups attached to an aromatic ring is 1. The van der Waals surface area contributed by atoms with Crippen LogP contribution in [-0.4, -0.2) is 37.3 Å². The van der Waals surface area contributed by atoms with Crippen molar-refractivity contribution in [3.63, 3.8) is 0 Å². The molecule has 1 amide bonds. The topological polar surface area (TPSA) is 64.8 Å². The van der Waals surface area contributed by atoms with Crippen molar-refractivity contribution in [2.24, 2.45) is 0 Å². The Hall–Kier alpha value is -1.91. The zero-order valence-electron chi connectivity index (χ0n) is 11.4. The summed E-state index contributed by atoms with van der Waals surface area (Å²) in [5.41, 5.74) is 7.49. The first kappa shape index (κ1) is 13.5. The highest BCUT2D eigenvalue weighted by Crippen LogP contribution is 2.24. The van der Waals surface area contributed by atoms with Crippen LogP contribution >= 0.6 is 0 Å². The minimum Gasteiger partial charge on any atom is -0.490 e. The van der Waals surface area contributed by atoms with Crippen molar-refractivity contribution in [3.05, 3.63) is 23.8 Å². The van der Waals surface area contributed by atoms with Crippen LogP contribution < -0.4 is 10.5 Å². The average Bonchev–Trinajstić information content (AvgIpc) is 2.42. The molecule has 2 rings (SSSR count). The Balaban J connectivity index is 1.90. The van der Waals surface area contributed by atoms with Crippen molar-refractivity contribution in [3.8, 4) is 5.75 Å². The average molecular weight is 264 g/mol. The first-order valence-corrected chi connectivity index (χ1v) is 6.46. The van der Waals surface area contributed by atoms with Crippen molar-refractivity contribution >= 4 is 11.8 Å². The number of benzene rings is 1. The fourth-order valence-electron chi connectivity index (χ4n) is 2.27. The maximum Gasteiger partial charge on any atom is 0.409 e. The summed E-state index contributed by atoms with van der Waals surface area (Å²) in [5, 5.41) is 0. The number of piperidine rings is 1. The molecule has 19 heavy (non-hydrogen) atoms. The van der Waals surface area contributed by atoms with Crippen LogP contribution in [0.15, 0.2) is 18.2 Å². The smallest absolute Gasteiger partial charge is 0.409 e. The van der Waals surface area contributed by atoms with Gasteiger partial charge in [0.1, 0.15) is 11.9 Å². The molecule has 1 saturated heterocycles. The Morgan fingerprint density at radius 2 is 2.05 bits per heavy atom. The molecule has 1 aliphatic rings. The molecule has 5 heteroatoms. The van der Waals surface area contributed by atoms with E-state index in [1.54, 1.807) is 4.90 Å². The third-order valence-corrected chi connectivity index (χ3v) is 3.37. The van der Waals surface area contributed by atoms with E-state index >= 15 is 0 Å². The number of rotatable bonds is 2. The number of carbonyl (C=O) groups excluding carboxylic acids is 1. The molecule has 0 aliphatic carbocycles. The van der Waals surface area contributed by atoms with Crippen LogP contribution in [0.3, 0.4) is 0 Å². The monoisotopic (exact) mass is 264 g/mol. The van der Waals surface area contributed by atoms with E-state index < -0.39 is 0 Å². The maximum atomic E-state index is 11.4. The molecule has 104 valence electrons. The van der Waals surface area contributed by atoms with Crippen molar-refractivity contribution in [2.75, 3.05) is 25.9 Å². The number of nitrogens with two attached hydrogens (primary N) is 1. The van der Waals surface area contributed by atoms with Gasteiger partial charge in [0.25, 0.3) is 0 Å². The van der Waals surface area contributed by atoms with Crippen molar-refractivity contribution < 1.29 is 14.3 Å². The van der Waals surface area contributed by atoms with E-state index in [9.17, 15) is 4.79 Å². The quantitative estimate of drug-likeness (QED) is 0.832. The van der Waals surface area contributed by atoms with Crippen LogP contribution in [0.25, 0.3) is 0 Å². The number of aryl methyl sites for hydroxylation is 1. The lowest BCUT2D eigenvalue weighted by Crippen LogP contribution is -2.41. The second-order valence-corrected chi connectivity index (χ2v) is 4.80. The minimum absolute atomic E-state index is 0.142. The molecule has 0 atom stereocenters. The van der Waals surface area contributed by atoms with Gasteiger partial charge in [-0.05, 0) is 30.7 Å². The molecule has 1 aliphatic heterocycles. The molecule has 1 aromatic rings. The number of anilines is 1. The Kier molecular flexibility index (Phi) is 4.14. The van der Waals surface area contributed by atoms with Gasteiger partial charge in [0, 0.05) is 31.6 Å². The summed E-state index contributed by atoms with van der Waals surface area (Å²) < 4.78 is 10.7. The zero-order valence-corrected chi connectivity index (χ0v) is 11.4. The molecule has 1 aromatic carbocycles. The molecule has 1 fully saturated rings. The van der Waals surface area contributed by atoms with E-state index in [2.05, 4.69) is 0 Å². The summed E-state index contributed by atoms with van der Waals surface area (Å²) in [6.07, 6.45) is 1.52. The van der Waals surface area contributed by atoms with Crippen LogP contribution in [-0.2, 0) is 4.74 Å². The van der Waals surface area contributed by atoms with E-state index in [1.807, 2.05) is 25.1 Å². The summed E-state index contributed by atoms with van der Waals surface area (Å²) in [5.74, 6) is 0.866. The van der Waals surface area contributed by atoms with Crippen LogP contribution in [0, 0.1) is 6.92 Å². The van der Waals surface area contributed by atoms with Gasteiger partial charge in [-0.2, -0.15) is 0 Å². The van der Waals surface area contributed by atoms with E-state index in [0.29, 0.717) is 13.1 Å². The van der Waals surface area contributed by atoms with Gasteiger partial charge in [0.15, 0.2) is 0 Å². The van der Waals surface area contributed by atoms with E-state index in [-0.39, 0.29) is 12.2 Å². The molecule has 0 saturated carbocycles. The highest BCUT2D eigenvalue weighted by molar-refractivity contribution is 5.67. The standard InChI is InChI=1S/C14H20N2O3/c1-10-9-11(15)3-4-13(10)19-12-5-7-16(8-6-12)14(17)18-2/h3-4,9,12H,5-8,15H2,1-2H3. The number of ether oxygens (including phenoxy) is 2. The Morgan fingerprint density at radius 3 is 2.63 bits per heavy atom. The second-order valence-electron chi connectivity index (χ2n) is 4.80. The van der Waals surface area contributed by atoms with Crippen LogP contribution in [0.5, 0.6) is 5.75 Å². The number of methoxy groups -OCH3 is 1. The zero-order chi connectivity index (χ0) is 13.8.